The largest absolute Gasteiger partial charge is 0.391 e. The maximum atomic E-state index is 9.44. The molecule has 0 spiro atoms. The summed E-state index contributed by atoms with van der Waals surface area (Å²) in [6.45, 7) is 5.19. The lowest BCUT2D eigenvalue weighted by Gasteiger charge is -2.11. The summed E-state index contributed by atoms with van der Waals surface area (Å²) in [6.07, 6.45) is 2.44. The second kappa shape index (κ2) is 7.44. The van der Waals surface area contributed by atoms with Crippen molar-refractivity contribution in [2.45, 2.75) is 32.5 Å². The Morgan fingerprint density at radius 3 is 3.06 bits per heavy atom. The van der Waals surface area contributed by atoms with Crippen LogP contribution < -0.4 is 5.32 Å². The first-order valence-electron chi connectivity index (χ1n) is 5.79. The van der Waals surface area contributed by atoms with Crippen LogP contribution in [0.5, 0.6) is 0 Å². The van der Waals surface area contributed by atoms with Gasteiger partial charge in [-0.15, -0.1) is 0 Å². The highest BCUT2D eigenvalue weighted by Gasteiger charge is 2.03. The third-order valence-electron chi connectivity index (χ3n) is 2.58. The van der Waals surface area contributed by atoms with Gasteiger partial charge in [0, 0.05) is 32.1 Å². The van der Waals surface area contributed by atoms with E-state index < -0.39 is 0 Å². The molecule has 0 aliphatic carbocycles. The number of aryl methyl sites for hydroxylation is 1. The van der Waals surface area contributed by atoms with Crippen LogP contribution in [0, 0.1) is 0 Å². The van der Waals surface area contributed by atoms with Gasteiger partial charge in [-0.1, -0.05) is 0 Å². The first-order valence-corrected chi connectivity index (χ1v) is 5.79. The van der Waals surface area contributed by atoms with Gasteiger partial charge < -0.3 is 19.7 Å². The quantitative estimate of drug-likeness (QED) is 0.650. The van der Waals surface area contributed by atoms with Crippen molar-refractivity contribution in [3.8, 4) is 0 Å². The molecule has 0 saturated heterocycles. The normalized spacial score (nSPS) is 12.9. The van der Waals surface area contributed by atoms with Gasteiger partial charge in [0.05, 0.1) is 12.7 Å². The molecule has 0 bridgehead atoms. The van der Waals surface area contributed by atoms with E-state index in [0.717, 1.165) is 26.1 Å². The number of methoxy groups -OCH3 is 1. The fraction of sp³-hybridized carbons (Fsp3) is 0.667. The van der Waals surface area contributed by atoms with E-state index in [4.69, 9.17) is 4.74 Å². The van der Waals surface area contributed by atoms with Gasteiger partial charge in [0.15, 0.2) is 0 Å². The van der Waals surface area contributed by atoms with Gasteiger partial charge in [-0.05, 0) is 32.0 Å². The molecule has 0 aromatic carbocycles. The molecule has 2 N–H and O–H groups in total. The number of hydrogen-bond donors (Lipinski definition) is 2. The molecule has 0 fully saturated rings. The number of aliphatic hydroxyl groups is 1. The standard InChI is InChI=1S/C12H22N2O2/c1-3-14-8-4-5-11(14)9-13-7-6-12(15)10-16-2/h4-5,8,12-13,15H,3,6-7,9-10H2,1-2H3. The van der Waals surface area contributed by atoms with Gasteiger partial charge in [0.2, 0.25) is 0 Å². The van der Waals surface area contributed by atoms with Gasteiger partial charge in [-0.2, -0.15) is 0 Å². The number of nitrogens with one attached hydrogen (secondary N) is 1. The Balaban J connectivity index is 2.16. The number of aliphatic hydroxyl groups excluding tert-OH is 1. The highest BCUT2D eigenvalue weighted by atomic mass is 16.5. The molecular weight excluding hydrogens is 204 g/mol. The fourth-order valence-corrected chi connectivity index (χ4v) is 1.68. The lowest BCUT2D eigenvalue weighted by molar-refractivity contribution is 0.0594. The molecule has 16 heavy (non-hydrogen) atoms. The molecule has 1 aromatic rings. The average Bonchev–Trinajstić information content (AvgIpc) is 2.72. The molecule has 4 heteroatoms. The predicted molar refractivity (Wildman–Crippen MR) is 64.3 cm³/mol. The van der Waals surface area contributed by atoms with E-state index in [1.165, 1.54) is 5.69 Å². The summed E-state index contributed by atoms with van der Waals surface area (Å²) in [4.78, 5) is 0. The van der Waals surface area contributed by atoms with E-state index >= 15 is 0 Å². The number of hydrogen-bond acceptors (Lipinski definition) is 3. The zero-order valence-corrected chi connectivity index (χ0v) is 10.1. The van der Waals surface area contributed by atoms with Crippen LogP contribution in [-0.2, 0) is 17.8 Å². The van der Waals surface area contributed by atoms with E-state index in [0.29, 0.717) is 6.61 Å². The Hall–Kier alpha value is -0.840. The van der Waals surface area contributed by atoms with Gasteiger partial charge in [-0.25, -0.2) is 0 Å². The van der Waals surface area contributed by atoms with E-state index in [9.17, 15) is 5.11 Å². The number of ether oxygens (including phenoxy) is 1. The molecule has 1 atom stereocenters. The smallest absolute Gasteiger partial charge is 0.0785 e. The van der Waals surface area contributed by atoms with Crippen molar-refractivity contribution in [1.29, 1.82) is 0 Å². The van der Waals surface area contributed by atoms with Crippen LogP contribution in [0.15, 0.2) is 18.3 Å². The lowest BCUT2D eigenvalue weighted by Crippen LogP contribution is -2.23. The Kier molecular flexibility index (Phi) is 6.15. The van der Waals surface area contributed by atoms with Gasteiger partial charge in [0.25, 0.3) is 0 Å². The molecule has 1 heterocycles. The van der Waals surface area contributed by atoms with Gasteiger partial charge >= 0.3 is 0 Å². The van der Waals surface area contributed by atoms with Crippen LogP contribution in [0.1, 0.15) is 19.0 Å². The molecule has 0 amide bonds. The summed E-state index contributed by atoms with van der Waals surface area (Å²) in [5.41, 5.74) is 1.28. The third-order valence-corrected chi connectivity index (χ3v) is 2.58. The van der Waals surface area contributed by atoms with Gasteiger partial charge in [0.1, 0.15) is 0 Å². The second-order valence-electron chi connectivity index (χ2n) is 3.86. The summed E-state index contributed by atoms with van der Waals surface area (Å²) in [5.74, 6) is 0. The summed E-state index contributed by atoms with van der Waals surface area (Å²) < 4.78 is 7.07. The predicted octanol–water partition coefficient (Wildman–Crippen LogP) is 0.995. The zero-order valence-electron chi connectivity index (χ0n) is 10.1. The maximum absolute atomic E-state index is 9.44. The number of rotatable bonds is 8. The molecule has 1 aromatic heterocycles. The number of nitrogens with zero attached hydrogens (tertiary/aromatic N) is 1. The zero-order chi connectivity index (χ0) is 11.8. The Morgan fingerprint density at radius 2 is 2.38 bits per heavy atom. The van der Waals surface area contributed by atoms with Crippen LogP contribution in [0.25, 0.3) is 0 Å². The average molecular weight is 226 g/mol. The van der Waals surface area contributed by atoms with Crippen LogP contribution in [0.2, 0.25) is 0 Å². The highest BCUT2D eigenvalue weighted by molar-refractivity contribution is 5.06. The highest BCUT2D eigenvalue weighted by Crippen LogP contribution is 2.01. The first-order chi connectivity index (χ1) is 7.77. The van der Waals surface area contributed by atoms with Crippen molar-refractivity contribution in [1.82, 2.24) is 9.88 Å². The van der Waals surface area contributed by atoms with Crippen molar-refractivity contribution >= 4 is 0 Å². The van der Waals surface area contributed by atoms with E-state index in [1.807, 2.05) is 0 Å². The molecule has 0 aliphatic rings. The first kappa shape index (κ1) is 13.2. The minimum absolute atomic E-state index is 0.365. The van der Waals surface area contributed by atoms with Crippen LogP contribution in [0.4, 0.5) is 0 Å². The number of aromatic nitrogens is 1. The maximum Gasteiger partial charge on any atom is 0.0785 e. The lowest BCUT2D eigenvalue weighted by atomic mass is 10.2. The monoisotopic (exact) mass is 226 g/mol. The van der Waals surface area contributed by atoms with Gasteiger partial charge in [-0.3, -0.25) is 0 Å². The van der Waals surface area contributed by atoms with Crippen molar-refractivity contribution in [2.24, 2.45) is 0 Å². The van der Waals surface area contributed by atoms with E-state index in [2.05, 4.69) is 35.1 Å². The molecule has 0 saturated carbocycles. The minimum Gasteiger partial charge on any atom is -0.391 e. The van der Waals surface area contributed by atoms with E-state index in [-0.39, 0.29) is 6.10 Å². The summed E-state index contributed by atoms with van der Waals surface area (Å²) in [7, 11) is 1.60. The summed E-state index contributed by atoms with van der Waals surface area (Å²) in [6, 6.07) is 4.17. The van der Waals surface area contributed by atoms with Crippen LogP contribution >= 0.6 is 0 Å². The SMILES string of the molecule is CCn1cccc1CNCCC(O)COC. The molecule has 0 radical (unpaired) electrons. The van der Waals surface area contributed by atoms with E-state index in [1.54, 1.807) is 7.11 Å². The minimum atomic E-state index is -0.365. The van der Waals surface area contributed by atoms with Crippen molar-refractivity contribution < 1.29 is 9.84 Å². The molecule has 0 aliphatic heterocycles. The Labute approximate surface area is 97.2 Å². The molecule has 92 valence electrons. The van der Waals surface area contributed by atoms with Crippen LogP contribution in [0.3, 0.4) is 0 Å². The Bertz CT molecular complexity index is 286. The molecule has 1 unspecified atom stereocenters. The van der Waals surface area contributed by atoms with Crippen molar-refractivity contribution in [3.63, 3.8) is 0 Å². The topological polar surface area (TPSA) is 46.4 Å². The molecule has 1 rings (SSSR count). The van der Waals surface area contributed by atoms with Crippen molar-refractivity contribution in [3.05, 3.63) is 24.0 Å². The molecular formula is C12H22N2O2. The Morgan fingerprint density at radius 1 is 1.56 bits per heavy atom. The second-order valence-corrected chi connectivity index (χ2v) is 3.86. The third kappa shape index (κ3) is 4.35. The summed E-state index contributed by atoms with van der Waals surface area (Å²) >= 11 is 0. The fourth-order valence-electron chi connectivity index (χ4n) is 1.68. The molecule has 4 nitrogen and oxygen atoms in total. The van der Waals surface area contributed by atoms with Crippen molar-refractivity contribution in [2.75, 3.05) is 20.3 Å². The summed E-state index contributed by atoms with van der Waals surface area (Å²) in [5, 5.41) is 12.8. The van der Waals surface area contributed by atoms with Crippen LogP contribution in [-0.4, -0.2) is 36.0 Å².